The number of aliphatic hydroxyl groups is 1. The summed E-state index contributed by atoms with van der Waals surface area (Å²) < 4.78 is 11.6. The van der Waals surface area contributed by atoms with Gasteiger partial charge < -0.3 is 14.6 Å². The number of hydrazine groups is 1. The van der Waals surface area contributed by atoms with Gasteiger partial charge in [-0.3, -0.25) is 0 Å². The Balaban J connectivity index is 1.65. The summed E-state index contributed by atoms with van der Waals surface area (Å²) in [4.78, 5) is 0. The molecule has 3 atom stereocenters. The molecule has 2 aliphatic heterocycles. The van der Waals surface area contributed by atoms with E-state index in [-0.39, 0.29) is 5.41 Å². The van der Waals surface area contributed by atoms with Crippen molar-refractivity contribution in [1.82, 2.24) is 10.0 Å². The van der Waals surface area contributed by atoms with Gasteiger partial charge in [-0.2, -0.15) is 0 Å². The minimum Gasteiger partial charge on any atom is -0.466 e. The summed E-state index contributed by atoms with van der Waals surface area (Å²) in [5.74, 6) is 0. The molecule has 0 bridgehead atoms. The molecule has 0 aromatic carbocycles. The molecule has 0 spiro atoms. The predicted octanol–water partition coefficient (Wildman–Crippen LogP) is 3.81. The van der Waals surface area contributed by atoms with E-state index in [0.717, 1.165) is 25.9 Å². The minimum absolute atomic E-state index is 0.261. The van der Waals surface area contributed by atoms with E-state index in [1.807, 2.05) is 6.92 Å². The maximum absolute atomic E-state index is 11.3. The molecule has 3 unspecified atom stereocenters. The van der Waals surface area contributed by atoms with Crippen molar-refractivity contribution in [3.05, 3.63) is 22.4 Å². The molecule has 0 radical (unpaired) electrons. The van der Waals surface area contributed by atoms with Crippen molar-refractivity contribution in [3.63, 3.8) is 0 Å². The molecule has 3 aliphatic rings. The van der Waals surface area contributed by atoms with Gasteiger partial charge in [0.05, 0.1) is 10.1 Å². The fraction of sp³-hybridized carbons (Fsp3) is 0.789. The molecule has 5 nitrogen and oxygen atoms in total. The van der Waals surface area contributed by atoms with Crippen LogP contribution in [0, 0.1) is 5.41 Å². The standard InChI is InChI=1S/C19H30Cl2N2O3/c1-5-6-17(2)11-22(4)23(12-17)13-18(3,24)19(7-8-19)26-16-15(21)9-14(20)10-25-16/h9-10,16,24H,5-8,11-13H2,1-4H3. The molecular weight excluding hydrogens is 375 g/mol. The van der Waals surface area contributed by atoms with Crippen LogP contribution in [0.1, 0.15) is 46.5 Å². The monoisotopic (exact) mass is 404 g/mol. The molecule has 2 heterocycles. The van der Waals surface area contributed by atoms with Crippen LogP contribution in [0.25, 0.3) is 0 Å². The zero-order chi connectivity index (χ0) is 19.2. The minimum atomic E-state index is -1.01. The van der Waals surface area contributed by atoms with E-state index in [4.69, 9.17) is 32.7 Å². The van der Waals surface area contributed by atoms with Gasteiger partial charge in [-0.25, -0.2) is 10.0 Å². The highest BCUT2D eigenvalue weighted by molar-refractivity contribution is 6.35. The van der Waals surface area contributed by atoms with E-state index in [2.05, 4.69) is 30.9 Å². The Labute approximate surface area is 166 Å². The molecule has 3 rings (SSSR count). The summed E-state index contributed by atoms with van der Waals surface area (Å²) in [7, 11) is 2.09. The van der Waals surface area contributed by atoms with Gasteiger partial charge in [0.1, 0.15) is 17.5 Å². The third-order valence-electron chi connectivity index (χ3n) is 5.83. The maximum atomic E-state index is 11.3. The second kappa shape index (κ2) is 7.26. The number of nitrogens with zero attached hydrogens (tertiary/aromatic N) is 2. The first kappa shape index (κ1) is 20.4. The summed E-state index contributed by atoms with van der Waals surface area (Å²) in [5, 5.41) is 16.6. The molecule has 0 aromatic rings. The second-order valence-electron chi connectivity index (χ2n) is 8.59. The molecule has 1 aliphatic carbocycles. The van der Waals surface area contributed by atoms with Gasteiger partial charge in [0.25, 0.3) is 0 Å². The van der Waals surface area contributed by atoms with Gasteiger partial charge in [-0.05, 0) is 37.7 Å². The van der Waals surface area contributed by atoms with Crippen molar-refractivity contribution < 1.29 is 14.6 Å². The molecule has 26 heavy (non-hydrogen) atoms. The molecule has 1 saturated heterocycles. The number of ether oxygens (including phenoxy) is 2. The molecular formula is C19H30Cl2N2O3. The Kier molecular flexibility index (Phi) is 5.71. The fourth-order valence-electron chi connectivity index (χ4n) is 4.31. The number of halogens is 2. The summed E-state index contributed by atoms with van der Waals surface area (Å²) in [6.07, 6.45) is 6.24. The first-order valence-electron chi connectivity index (χ1n) is 9.34. The van der Waals surface area contributed by atoms with E-state index < -0.39 is 17.5 Å². The average Bonchev–Trinajstić information content (AvgIpc) is 3.25. The van der Waals surface area contributed by atoms with Crippen LogP contribution >= 0.6 is 23.2 Å². The Morgan fingerprint density at radius 1 is 1.38 bits per heavy atom. The lowest BCUT2D eigenvalue weighted by molar-refractivity contribution is -0.204. The van der Waals surface area contributed by atoms with Crippen molar-refractivity contribution >= 4 is 23.2 Å². The number of hydrogen-bond acceptors (Lipinski definition) is 5. The Morgan fingerprint density at radius 3 is 2.65 bits per heavy atom. The van der Waals surface area contributed by atoms with Gasteiger partial charge in [-0.15, -0.1) is 0 Å². The van der Waals surface area contributed by atoms with Gasteiger partial charge in [0, 0.05) is 26.7 Å². The number of β-amino-alcohol motifs (C(OH)–C–C–N with tert-alkyl or cyclic N) is 1. The average molecular weight is 405 g/mol. The summed E-state index contributed by atoms with van der Waals surface area (Å²) in [6.45, 7) is 8.87. The van der Waals surface area contributed by atoms with Crippen molar-refractivity contribution in [3.8, 4) is 0 Å². The number of hydrogen-bond donors (Lipinski definition) is 1. The number of rotatable bonds is 7. The van der Waals surface area contributed by atoms with Crippen molar-refractivity contribution in [2.45, 2.75) is 63.9 Å². The Morgan fingerprint density at radius 2 is 2.08 bits per heavy atom. The molecule has 7 heteroatoms. The lowest BCUT2D eigenvalue weighted by atomic mass is 9.86. The van der Waals surface area contributed by atoms with E-state index in [1.54, 1.807) is 6.08 Å². The van der Waals surface area contributed by atoms with E-state index in [1.165, 1.54) is 19.1 Å². The van der Waals surface area contributed by atoms with E-state index >= 15 is 0 Å². The van der Waals surface area contributed by atoms with Gasteiger partial charge >= 0.3 is 0 Å². The van der Waals surface area contributed by atoms with E-state index in [9.17, 15) is 5.11 Å². The molecule has 0 aromatic heterocycles. The van der Waals surface area contributed by atoms with Gasteiger partial charge in [-0.1, -0.05) is 43.5 Å². The van der Waals surface area contributed by atoms with Crippen LogP contribution in [0.5, 0.6) is 0 Å². The molecule has 1 N–H and O–H groups in total. The zero-order valence-electron chi connectivity index (χ0n) is 16.1. The Bertz CT molecular complexity index is 604. The van der Waals surface area contributed by atoms with Crippen LogP contribution in [-0.2, 0) is 9.47 Å². The highest BCUT2D eigenvalue weighted by Crippen LogP contribution is 2.51. The third-order valence-corrected chi connectivity index (χ3v) is 6.31. The summed E-state index contributed by atoms with van der Waals surface area (Å²) in [6, 6.07) is 0. The smallest absolute Gasteiger partial charge is 0.237 e. The molecule has 148 valence electrons. The van der Waals surface area contributed by atoms with Crippen molar-refractivity contribution in [2.24, 2.45) is 5.41 Å². The zero-order valence-corrected chi connectivity index (χ0v) is 17.6. The van der Waals surface area contributed by atoms with Gasteiger partial charge in [0.2, 0.25) is 6.29 Å². The fourth-order valence-corrected chi connectivity index (χ4v) is 4.75. The molecule has 2 fully saturated rings. The van der Waals surface area contributed by atoms with Crippen molar-refractivity contribution in [2.75, 3.05) is 26.7 Å². The van der Waals surface area contributed by atoms with Crippen LogP contribution in [0.15, 0.2) is 22.4 Å². The van der Waals surface area contributed by atoms with E-state index in [0.29, 0.717) is 16.6 Å². The highest BCUT2D eigenvalue weighted by Gasteiger charge is 2.60. The predicted molar refractivity (Wildman–Crippen MR) is 104 cm³/mol. The van der Waals surface area contributed by atoms with Gasteiger partial charge in [0.15, 0.2) is 0 Å². The second-order valence-corrected chi connectivity index (χ2v) is 9.46. The van der Waals surface area contributed by atoms with Crippen molar-refractivity contribution in [1.29, 1.82) is 0 Å². The Hall–Kier alpha value is -0.300. The van der Waals surface area contributed by atoms with Crippen LogP contribution in [0.3, 0.4) is 0 Å². The quantitative estimate of drug-likeness (QED) is 0.698. The molecule has 1 saturated carbocycles. The van der Waals surface area contributed by atoms with Crippen LogP contribution in [0.4, 0.5) is 0 Å². The highest BCUT2D eigenvalue weighted by atomic mass is 35.5. The first-order valence-corrected chi connectivity index (χ1v) is 10.1. The largest absolute Gasteiger partial charge is 0.466 e. The lowest BCUT2D eigenvalue weighted by Gasteiger charge is -2.39. The van der Waals surface area contributed by atoms with Crippen LogP contribution in [-0.4, -0.2) is 59.3 Å². The van der Waals surface area contributed by atoms with Crippen LogP contribution < -0.4 is 0 Å². The van der Waals surface area contributed by atoms with Crippen LogP contribution in [0.2, 0.25) is 0 Å². The SMILES string of the molecule is CCCC1(C)CN(C)N(CC(C)(O)C2(OC3OC=C(Cl)C=C3Cl)CC2)C1. The maximum Gasteiger partial charge on any atom is 0.237 e. The molecule has 0 amide bonds. The summed E-state index contributed by atoms with van der Waals surface area (Å²) in [5.41, 5.74) is -1.39. The number of allylic oxidation sites excluding steroid dienone is 2. The normalized spacial score (nSPS) is 34.0. The topological polar surface area (TPSA) is 45.2 Å². The first-order chi connectivity index (χ1) is 12.1. The lowest BCUT2D eigenvalue weighted by Crippen LogP contribution is -2.55. The third kappa shape index (κ3) is 4.08. The summed E-state index contributed by atoms with van der Waals surface area (Å²) >= 11 is 12.1.